The quantitative estimate of drug-likeness (QED) is 0.871. The molecule has 4 nitrogen and oxygen atoms in total. The van der Waals surface area contributed by atoms with Crippen molar-refractivity contribution in [3.05, 3.63) is 52.4 Å². The third-order valence-corrected chi connectivity index (χ3v) is 4.44. The van der Waals surface area contributed by atoms with E-state index in [1.54, 1.807) is 6.92 Å². The molecule has 1 amide bonds. The van der Waals surface area contributed by atoms with E-state index in [2.05, 4.69) is 10.5 Å². The van der Waals surface area contributed by atoms with Crippen LogP contribution in [-0.4, -0.2) is 16.8 Å². The van der Waals surface area contributed by atoms with Gasteiger partial charge in [-0.1, -0.05) is 11.2 Å². The Morgan fingerprint density at radius 3 is 2.70 bits per heavy atom. The molecule has 7 heteroatoms. The van der Waals surface area contributed by atoms with Crippen LogP contribution in [0.3, 0.4) is 0 Å². The second-order valence-corrected chi connectivity index (χ2v) is 6.24. The SMILES string of the molecule is Cc1noc(C)c1CSCC(=O)N[C@@H](C)c1ccc(F)c(F)c1. The largest absolute Gasteiger partial charge is 0.361 e. The van der Waals surface area contributed by atoms with Gasteiger partial charge in [0, 0.05) is 11.3 Å². The molecule has 1 heterocycles. The highest BCUT2D eigenvalue weighted by Crippen LogP contribution is 2.20. The van der Waals surface area contributed by atoms with Gasteiger partial charge in [0.05, 0.1) is 17.5 Å². The maximum atomic E-state index is 13.2. The molecule has 0 unspecified atom stereocenters. The number of halogens is 2. The molecule has 0 fully saturated rings. The molecular formula is C16H18F2N2O2S. The predicted molar refractivity (Wildman–Crippen MR) is 85.1 cm³/mol. The summed E-state index contributed by atoms with van der Waals surface area (Å²) in [5.41, 5.74) is 2.34. The van der Waals surface area contributed by atoms with Crippen LogP contribution >= 0.6 is 11.8 Å². The fraction of sp³-hybridized carbons (Fsp3) is 0.375. The van der Waals surface area contributed by atoms with Crippen LogP contribution in [-0.2, 0) is 10.5 Å². The van der Waals surface area contributed by atoms with Gasteiger partial charge in [-0.25, -0.2) is 8.78 Å². The van der Waals surface area contributed by atoms with Crippen LogP contribution in [0.5, 0.6) is 0 Å². The molecule has 2 aromatic rings. The van der Waals surface area contributed by atoms with E-state index in [4.69, 9.17) is 4.52 Å². The zero-order valence-corrected chi connectivity index (χ0v) is 14.0. The molecule has 0 aliphatic carbocycles. The molecule has 1 aromatic heterocycles. The molecule has 0 spiro atoms. The van der Waals surface area contributed by atoms with Gasteiger partial charge in [0.15, 0.2) is 11.6 Å². The van der Waals surface area contributed by atoms with Gasteiger partial charge in [-0.3, -0.25) is 4.79 Å². The van der Waals surface area contributed by atoms with Gasteiger partial charge in [-0.05, 0) is 38.5 Å². The molecular weight excluding hydrogens is 322 g/mol. The summed E-state index contributed by atoms with van der Waals surface area (Å²) < 4.78 is 31.2. The Labute approximate surface area is 137 Å². The van der Waals surface area contributed by atoms with Crippen LogP contribution in [0.25, 0.3) is 0 Å². The number of nitrogens with zero attached hydrogens (tertiary/aromatic N) is 1. The molecule has 0 aliphatic rings. The average Bonchev–Trinajstić information content (AvgIpc) is 2.81. The number of benzene rings is 1. The van der Waals surface area contributed by atoms with Crippen LogP contribution < -0.4 is 5.32 Å². The number of nitrogens with one attached hydrogen (secondary N) is 1. The summed E-state index contributed by atoms with van der Waals surface area (Å²) in [6, 6.07) is 3.22. The van der Waals surface area contributed by atoms with Gasteiger partial charge < -0.3 is 9.84 Å². The van der Waals surface area contributed by atoms with E-state index in [0.717, 1.165) is 29.2 Å². The first-order valence-corrected chi connectivity index (χ1v) is 8.27. The number of hydrogen-bond acceptors (Lipinski definition) is 4. The van der Waals surface area contributed by atoms with Crippen molar-refractivity contribution in [2.45, 2.75) is 32.6 Å². The van der Waals surface area contributed by atoms with Crippen molar-refractivity contribution >= 4 is 17.7 Å². The zero-order valence-electron chi connectivity index (χ0n) is 13.2. The molecule has 1 aromatic carbocycles. The maximum absolute atomic E-state index is 13.2. The molecule has 0 bridgehead atoms. The molecule has 0 saturated heterocycles. The maximum Gasteiger partial charge on any atom is 0.230 e. The minimum absolute atomic E-state index is 0.168. The molecule has 124 valence electrons. The second kappa shape index (κ2) is 7.59. The monoisotopic (exact) mass is 340 g/mol. The third kappa shape index (κ3) is 4.54. The lowest BCUT2D eigenvalue weighted by Gasteiger charge is -2.14. The van der Waals surface area contributed by atoms with Gasteiger partial charge in [-0.2, -0.15) is 0 Å². The summed E-state index contributed by atoms with van der Waals surface area (Å²) >= 11 is 1.44. The lowest BCUT2D eigenvalue weighted by molar-refractivity contribution is -0.119. The molecule has 23 heavy (non-hydrogen) atoms. The number of aryl methyl sites for hydroxylation is 2. The summed E-state index contributed by atoms with van der Waals surface area (Å²) in [7, 11) is 0. The first-order valence-electron chi connectivity index (χ1n) is 7.12. The van der Waals surface area contributed by atoms with Crippen molar-refractivity contribution in [3.8, 4) is 0 Å². The van der Waals surface area contributed by atoms with Crippen molar-refractivity contribution in [2.75, 3.05) is 5.75 Å². The lowest BCUT2D eigenvalue weighted by atomic mass is 10.1. The van der Waals surface area contributed by atoms with Gasteiger partial charge in [0.1, 0.15) is 5.76 Å². The summed E-state index contributed by atoms with van der Waals surface area (Å²) in [6.07, 6.45) is 0. The summed E-state index contributed by atoms with van der Waals surface area (Å²) in [5, 5.41) is 6.63. The van der Waals surface area contributed by atoms with Crippen molar-refractivity contribution in [1.82, 2.24) is 10.5 Å². The fourth-order valence-corrected chi connectivity index (χ4v) is 3.09. The summed E-state index contributed by atoms with van der Waals surface area (Å²) in [6.45, 7) is 5.42. The number of aromatic nitrogens is 1. The molecule has 0 radical (unpaired) electrons. The van der Waals surface area contributed by atoms with Crippen LogP contribution in [0.2, 0.25) is 0 Å². The number of amides is 1. The number of hydrogen-bond donors (Lipinski definition) is 1. The zero-order chi connectivity index (χ0) is 17.0. The van der Waals surface area contributed by atoms with Crippen molar-refractivity contribution < 1.29 is 18.1 Å². The minimum Gasteiger partial charge on any atom is -0.361 e. The second-order valence-electron chi connectivity index (χ2n) is 5.26. The van der Waals surface area contributed by atoms with Crippen molar-refractivity contribution in [3.63, 3.8) is 0 Å². The number of carbonyl (C=O) groups excluding carboxylic acids is 1. The molecule has 2 rings (SSSR count). The van der Waals surface area contributed by atoms with Gasteiger partial charge in [0.25, 0.3) is 0 Å². The first-order chi connectivity index (χ1) is 10.9. The predicted octanol–water partition coefficient (Wildman–Crippen LogP) is 3.68. The highest BCUT2D eigenvalue weighted by molar-refractivity contribution is 7.99. The lowest BCUT2D eigenvalue weighted by Crippen LogP contribution is -2.28. The Kier molecular flexibility index (Phi) is 5.76. The van der Waals surface area contributed by atoms with Gasteiger partial charge in [-0.15, -0.1) is 11.8 Å². The van der Waals surface area contributed by atoms with E-state index >= 15 is 0 Å². The molecule has 0 saturated carbocycles. The highest BCUT2D eigenvalue weighted by atomic mass is 32.2. The number of thioether (sulfide) groups is 1. The van der Waals surface area contributed by atoms with Crippen molar-refractivity contribution in [2.24, 2.45) is 0 Å². The standard InChI is InChI=1S/C16H18F2N2O2S/c1-9(12-4-5-14(17)15(18)6-12)19-16(21)8-23-7-13-10(2)20-22-11(13)3/h4-6,9H,7-8H2,1-3H3,(H,19,21)/t9-/m0/s1. The fourth-order valence-electron chi connectivity index (χ4n) is 2.10. The van der Waals surface area contributed by atoms with E-state index in [1.807, 2.05) is 13.8 Å². The topological polar surface area (TPSA) is 55.1 Å². The van der Waals surface area contributed by atoms with Crippen molar-refractivity contribution in [1.29, 1.82) is 0 Å². The van der Waals surface area contributed by atoms with E-state index in [-0.39, 0.29) is 11.7 Å². The van der Waals surface area contributed by atoms with Crippen LogP contribution in [0.1, 0.15) is 35.5 Å². The molecule has 0 aliphatic heterocycles. The third-order valence-electron chi connectivity index (χ3n) is 3.48. The Morgan fingerprint density at radius 2 is 2.09 bits per heavy atom. The molecule has 1 N–H and O–H groups in total. The van der Waals surface area contributed by atoms with E-state index in [1.165, 1.54) is 17.8 Å². The van der Waals surface area contributed by atoms with E-state index in [0.29, 0.717) is 11.3 Å². The Balaban J connectivity index is 1.83. The molecule has 1 atom stereocenters. The van der Waals surface area contributed by atoms with Crippen LogP contribution in [0.4, 0.5) is 8.78 Å². The Bertz CT molecular complexity index is 684. The highest BCUT2D eigenvalue weighted by Gasteiger charge is 2.13. The first kappa shape index (κ1) is 17.5. The average molecular weight is 340 g/mol. The van der Waals surface area contributed by atoms with E-state index < -0.39 is 17.7 Å². The smallest absolute Gasteiger partial charge is 0.230 e. The normalized spacial score (nSPS) is 12.2. The number of rotatable bonds is 6. The minimum atomic E-state index is -0.920. The number of carbonyl (C=O) groups is 1. The Morgan fingerprint density at radius 1 is 1.35 bits per heavy atom. The Hall–Kier alpha value is -1.89. The summed E-state index contributed by atoms with van der Waals surface area (Å²) in [4.78, 5) is 11.9. The summed E-state index contributed by atoms with van der Waals surface area (Å²) in [5.74, 6) is -0.338. The van der Waals surface area contributed by atoms with Gasteiger partial charge >= 0.3 is 0 Å². The van der Waals surface area contributed by atoms with Crippen LogP contribution in [0, 0.1) is 25.5 Å². The van der Waals surface area contributed by atoms with Crippen LogP contribution in [0.15, 0.2) is 22.7 Å². The van der Waals surface area contributed by atoms with E-state index in [9.17, 15) is 13.6 Å². The van der Waals surface area contributed by atoms with Gasteiger partial charge in [0.2, 0.25) is 5.91 Å².